The third-order valence-electron chi connectivity index (χ3n) is 6.79. The average Bonchev–Trinajstić information content (AvgIpc) is 3.52. The number of aromatic nitrogens is 1. The van der Waals surface area contributed by atoms with Crippen LogP contribution in [0.3, 0.4) is 0 Å². The van der Waals surface area contributed by atoms with Gasteiger partial charge in [-0.2, -0.15) is 0 Å². The van der Waals surface area contributed by atoms with Gasteiger partial charge >= 0.3 is 5.97 Å². The summed E-state index contributed by atoms with van der Waals surface area (Å²) in [7, 11) is 3.10. The van der Waals surface area contributed by atoms with E-state index in [1.807, 2.05) is 18.2 Å². The molecule has 0 N–H and O–H groups in total. The fourth-order valence-corrected chi connectivity index (χ4v) is 5.99. The smallest absolute Gasteiger partial charge is 0.338 e. The molecule has 4 heterocycles. The zero-order valence-corrected chi connectivity index (χ0v) is 22.8. The Morgan fingerprint density at radius 3 is 2.61 bits per heavy atom. The summed E-state index contributed by atoms with van der Waals surface area (Å²) >= 11 is 1.26. The number of benzene rings is 1. The Hall–Kier alpha value is -3.79. The first-order chi connectivity index (χ1) is 18.4. The van der Waals surface area contributed by atoms with E-state index in [1.165, 1.54) is 17.8 Å². The molecule has 1 atom stereocenters. The number of furan rings is 1. The van der Waals surface area contributed by atoms with E-state index in [0.717, 1.165) is 31.8 Å². The van der Waals surface area contributed by atoms with E-state index < -0.39 is 12.0 Å². The SMILES string of the molecule is CCOC(=O)C1=C(C)N=c2s/c(=C\c3ccc(N4CCCCC4)o3)c(=O)n2[C@@H]1c1ccc(OC)c(OC)c1. The summed E-state index contributed by atoms with van der Waals surface area (Å²) in [5, 5.41) is 0. The summed E-state index contributed by atoms with van der Waals surface area (Å²) in [5.74, 6) is 1.93. The Kier molecular flexibility index (Phi) is 7.42. The minimum atomic E-state index is -0.743. The molecule has 0 bridgehead atoms. The second kappa shape index (κ2) is 10.9. The quantitative estimate of drug-likeness (QED) is 0.427. The largest absolute Gasteiger partial charge is 0.493 e. The molecule has 1 fully saturated rings. The lowest BCUT2D eigenvalue weighted by Gasteiger charge is -2.25. The van der Waals surface area contributed by atoms with Gasteiger partial charge in [0.15, 0.2) is 22.2 Å². The second-order valence-corrected chi connectivity index (χ2v) is 10.1. The lowest BCUT2D eigenvalue weighted by Crippen LogP contribution is -2.39. The van der Waals surface area contributed by atoms with Crippen LogP contribution in [-0.2, 0) is 9.53 Å². The van der Waals surface area contributed by atoms with Gasteiger partial charge in [0.2, 0.25) is 0 Å². The van der Waals surface area contributed by atoms with Gasteiger partial charge in [-0.05, 0) is 56.9 Å². The molecule has 0 saturated carbocycles. The number of carbonyl (C=O) groups is 1. The first-order valence-corrected chi connectivity index (χ1v) is 13.5. The van der Waals surface area contributed by atoms with Crippen molar-refractivity contribution in [3.8, 4) is 11.5 Å². The van der Waals surface area contributed by atoms with E-state index in [2.05, 4.69) is 9.89 Å². The predicted octanol–water partition coefficient (Wildman–Crippen LogP) is 3.40. The number of nitrogens with zero attached hydrogens (tertiary/aromatic N) is 3. The highest BCUT2D eigenvalue weighted by molar-refractivity contribution is 7.07. The van der Waals surface area contributed by atoms with E-state index in [1.54, 1.807) is 50.8 Å². The van der Waals surface area contributed by atoms with Crippen LogP contribution >= 0.6 is 11.3 Å². The fraction of sp³-hybridized carbons (Fsp3) is 0.393. The summed E-state index contributed by atoms with van der Waals surface area (Å²) in [6.45, 7) is 5.65. The highest BCUT2D eigenvalue weighted by Gasteiger charge is 2.34. The van der Waals surface area contributed by atoms with Gasteiger partial charge in [-0.25, -0.2) is 9.79 Å². The molecule has 0 unspecified atom stereocenters. The lowest BCUT2D eigenvalue weighted by molar-refractivity contribution is -0.139. The van der Waals surface area contributed by atoms with Crippen molar-refractivity contribution in [3.05, 3.63) is 72.6 Å². The monoisotopic (exact) mass is 537 g/mol. The maximum atomic E-state index is 13.8. The van der Waals surface area contributed by atoms with Gasteiger partial charge in [-0.1, -0.05) is 17.4 Å². The van der Waals surface area contributed by atoms with Gasteiger partial charge in [0.05, 0.1) is 42.7 Å². The molecule has 5 rings (SSSR count). The molecule has 1 aromatic carbocycles. The van der Waals surface area contributed by atoms with Crippen LogP contribution in [0.5, 0.6) is 11.5 Å². The van der Waals surface area contributed by atoms with Crippen molar-refractivity contribution in [2.24, 2.45) is 4.99 Å². The number of piperidine rings is 1. The fourth-order valence-electron chi connectivity index (χ4n) is 4.96. The molecular weight excluding hydrogens is 506 g/mol. The van der Waals surface area contributed by atoms with Crippen LogP contribution in [-0.4, -0.2) is 44.5 Å². The maximum Gasteiger partial charge on any atom is 0.338 e. The number of esters is 1. The maximum absolute atomic E-state index is 13.8. The summed E-state index contributed by atoms with van der Waals surface area (Å²) in [6.07, 6.45) is 5.27. The molecule has 2 aliphatic rings. The molecule has 2 aliphatic heterocycles. The first-order valence-electron chi connectivity index (χ1n) is 12.7. The normalized spacial score (nSPS) is 17.7. The first kappa shape index (κ1) is 25.8. The third kappa shape index (κ3) is 4.76. The Labute approximate surface area is 224 Å². The van der Waals surface area contributed by atoms with Crippen LogP contribution < -0.4 is 29.3 Å². The Morgan fingerprint density at radius 2 is 1.89 bits per heavy atom. The number of anilines is 1. The molecule has 0 radical (unpaired) electrons. The molecule has 3 aromatic rings. The number of rotatable bonds is 7. The van der Waals surface area contributed by atoms with Crippen LogP contribution in [0.2, 0.25) is 0 Å². The summed E-state index contributed by atoms with van der Waals surface area (Å²) in [5.41, 5.74) is 1.22. The van der Waals surface area contributed by atoms with Crippen molar-refractivity contribution < 1.29 is 23.4 Å². The van der Waals surface area contributed by atoms with Gasteiger partial charge in [0, 0.05) is 25.2 Å². The van der Waals surface area contributed by atoms with Crippen molar-refractivity contribution in [2.45, 2.75) is 39.2 Å². The zero-order valence-electron chi connectivity index (χ0n) is 22.0. The second-order valence-electron chi connectivity index (χ2n) is 9.14. The molecule has 1 saturated heterocycles. The van der Waals surface area contributed by atoms with Gasteiger partial charge < -0.3 is 23.5 Å². The van der Waals surface area contributed by atoms with Gasteiger partial charge in [-0.15, -0.1) is 0 Å². The van der Waals surface area contributed by atoms with E-state index in [4.69, 9.17) is 18.6 Å². The Balaban J connectivity index is 1.63. The average molecular weight is 538 g/mol. The van der Waals surface area contributed by atoms with Crippen LogP contribution in [0.15, 0.2) is 55.8 Å². The number of fused-ring (bicyclic) bond motifs is 1. The van der Waals surface area contributed by atoms with Crippen molar-refractivity contribution in [1.29, 1.82) is 0 Å². The molecule has 0 aliphatic carbocycles. The molecular formula is C28H31N3O6S. The zero-order chi connectivity index (χ0) is 26.8. The molecule has 9 nitrogen and oxygen atoms in total. The highest BCUT2D eigenvalue weighted by Crippen LogP contribution is 2.36. The minimum Gasteiger partial charge on any atom is -0.493 e. The van der Waals surface area contributed by atoms with Crippen molar-refractivity contribution in [3.63, 3.8) is 0 Å². The number of hydrogen-bond acceptors (Lipinski definition) is 9. The van der Waals surface area contributed by atoms with Crippen LogP contribution in [0.1, 0.15) is 50.5 Å². The van der Waals surface area contributed by atoms with Crippen molar-refractivity contribution in [2.75, 3.05) is 38.8 Å². The van der Waals surface area contributed by atoms with Crippen LogP contribution in [0.4, 0.5) is 5.88 Å². The number of ether oxygens (including phenoxy) is 3. The molecule has 200 valence electrons. The van der Waals surface area contributed by atoms with Crippen LogP contribution in [0, 0.1) is 0 Å². The lowest BCUT2D eigenvalue weighted by atomic mass is 9.95. The number of carbonyl (C=O) groups excluding carboxylic acids is 1. The Bertz CT molecular complexity index is 1560. The van der Waals surface area contributed by atoms with Gasteiger partial charge in [-0.3, -0.25) is 9.36 Å². The molecule has 0 spiro atoms. The summed E-state index contributed by atoms with van der Waals surface area (Å²) in [6, 6.07) is 8.43. The van der Waals surface area contributed by atoms with Crippen molar-refractivity contribution in [1.82, 2.24) is 4.57 Å². The minimum absolute atomic E-state index is 0.205. The summed E-state index contributed by atoms with van der Waals surface area (Å²) < 4.78 is 24.4. The van der Waals surface area contributed by atoms with E-state index in [-0.39, 0.29) is 12.2 Å². The van der Waals surface area contributed by atoms with E-state index in [9.17, 15) is 9.59 Å². The molecule has 0 amide bonds. The standard InChI is InChI=1S/C28H31N3O6S/c1-5-36-27(33)24-17(2)29-28-31(25(24)18-9-11-20(34-3)21(15-18)35-4)26(32)22(38-28)16-19-10-12-23(37-19)30-13-7-6-8-14-30/h9-12,15-16,25H,5-8,13-14H2,1-4H3/b22-16-/t25-/m1/s1. The summed E-state index contributed by atoms with van der Waals surface area (Å²) in [4.78, 5) is 34.3. The van der Waals surface area contributed by atoms with Gasteiger partial charge in [0.1, 0.15) is 5.76 Å². The Morgan fingerprint density at radius 1 is 1.13 bits per heavy atom. The molecule has 10 heteroatoms. The predicted molar refractivity (Wildman–Crippen MR) is 145 cm³/mol. The number of allylic oxidation sites excluding steroid dienone is 1. The van der Waals surface area contributed by atoms with Crippen LogP contribution in [0.25, 0.3) is 6.08 Å². The number of thiazole rings is 1. The number of hydrogen-bond donors (Lipinski definition) is 0. The van der Waals surface area contributed by atoms with E-state index >= 15 is 0 Å². The number of methoxy groups -OCH3 is 2. The highest BCUT2D eigenvalue weighted by atomic mass is 32.1. The third-order valence-corrected chi connectivity index (χ3v) is 7.78. The molecule has 38 heavy (non-hydrogen) atoms. The van der Waals surface area contributed by atoms with E-state index in [0.29, 0.717) is 43.4 Å². The topological polar surface area (TPSA) is 95.5 Å². The van der Waals surface area contributed by atoms with Gasteiger partial charge in [0.25, 0.3) is 5.56 Å². The van der Waals surface area contributed by atoms with Crippen molar-refractivity contribution >= 4 is 29.3 Å². The molecule has 2 aromatic heterocycles.